The molecule has 7 heteroatoms. The maximum absolute atomic E-state index is 8.71. The average molecular weight is 226 g/mol. The fourth-order valence-corrected chi connectivity index (χ4v) is 1.34. The van der Waals surface area contributed by atoms with E-state index >= 15 is 0 Å². The molecule has 0 bridgehead atoms. The van der Waals surface area contributed by atoms with E-state index in [4.69, 9.17) is 16.7 Å². The molecule has 0 saturated heterocycles. The van der Waals surface area contributed by atoms with E-state index in [0.717, 1.165) is 12.8 Å². The molecule has 1 unspecified atom stereocenters. The lowest BCUT2D eigenvalue weighted by Crippen LogP contribution is -2.18. The minimum absolute atomic E-state index is 0.160. The van der Waals surface area contributed by atoms with Crippen molar-refractivity contribution in [2.75, 3.05) is 23.1 Å². The van der Waals surface area contributed by atoms with Crippen molar-refractivity contribution >= 4 is 17.6 Å². The van der Waals surface area contributed by atoms with Gasteiger partial charge >= 0.3 is 0 Å². The van der Waals surface area contributed by atoms with Gasteiger partial charge in [-0.2, -0.15) is 9.97 Å². The molecule has 1 heterocycles. The molecular formula is C9H18N6O. The van der Waals surface area contributed by atoms with Crippen molar-refractivity contribution in [2.24, 2.45) is 5.84 Å². The van der Waals surface area contributed by atoms with Crippen molar-refractivity contribution in [1.29, 1.82) is 0 Å². The lowest BCUT2D eigenvalue weighted by molar-refractivity contribution is 0.282. The van der Waals surface area contributed by atoms with E-state index in [2.05, 4.69) is 20.7 Å². The Hall–Kier alpha value is -1.60. The molecule has 1 atom stereocenters. The van der Waals surface area contributed by atoms with E-state index in [-0.39, 0.29) is 18.6 Å². The third-order valence-corrected chi connectivity index (χ3v) is 2.08. The number of anilines is 3. The van der Waals surface area contributed by atoms with Crippen LogP contribution in [0.15, 0.2) is 6.07 Å². The summed E-state index contributed by atoms with van der Waals surface area (Å²) in [7, 11) is 0. The fraction of sp³-hybridized carbons (Fsp3) is 0.556. The highest BCUT2D eigenvalue weighted by Gasteiger charge is 2.05. The standard InChI is InChI=1S/C9H18N6O/c1-6(3-2-4-16)12-7-5-8(15-11)14-9(10)13-7/h5-6,16H,2-4,11H2,1H3,(H4,10,12,13,14,15). The topological polar surface area (TPSA) is 122 Å². The number of hydrazine groups is 1. The predicted octanol–water partition coefficient (Wildman–Crippen LogP) is -0.0827. The first kappa shape index (κ1) is 12.5. The summed E-state index contributed by atoms with van der Waals surface area (Å²) in [4.78, 5) is 7.90. The van der Waals surface area contributed by atoms with E-state index in [1.54, 1.807) is 6.07 Å². The van der Waals surface area contributed by atoms with Gasteiger partial charge in [0.15, 0.2) is 0 Å². The second-order valence-corrected chi connectivity index (χ2v) is 3.55. The molecule has 0 fully saturated rings. The molecular weight excluding hydrogens is 208 g/mol. The van der Waals surface area contributed by atoms with Gasteiger partial charge in [0.05, 0.1) is 0 Å². The maximum atomic E-state index is 8.71. The van der Waals surface area contributed by atoms with Gasteiger partial charge in [-0.15, -0.1) is 0 Å². The number of aromatic nitrogens is 2. The van der Waals surface area contributed by atoms with E-state index in [0.29, 0.717) is 11.6 Å². The van der Waals surface area contributed by atoms with Crippen molar-refractivity contribution in [3.05, 3.63) is 6.07 Å². The van der Waals surface area contributed by atoms with Crippen molar-refractivity contribution in [3.8, 4) is 0 Å². The number of nitrogen functional groups attached to an aromatic ring is 2. The summed E-state index contributed by atoms with van der Waals surface area (Å²) in [5, 5.41) is 11.9. The molecule has 0 radical (unpaired) electrons. The zero-order chi connectivity index (χ0) is 12.0. The van der Waals surface area contributed by atoms with Crippen LogP contribution in [-0.2, 0) is 0 Å². The second kappa shape index (κ2) is 6.09. The van der Waals surface area contributed by atoms with Crippen LogP contribution in [0.4, 0.5) is 17.6 Å². The molecule has 1 rings (SSSR count). The van der Waals surface area contributed by atoms with E-state index < -0.39 is 0 Å². The summed E-state index contributed by atoms with van der Waals surface area (Å²) < 4.78 is 0. The minimum Gasteiger partial charge on any atom is -0.396 e. The average Bonchev–Trinajstić information content (AvgIpc) is 2.25. The van der Waals surface area contributed by atoms with Crippen molar-refractivity contribution in [3.63, 3.8) is 0 Å². The van der Waals surface area contributed by atoms with Crippen LogP contribution in [-0.4, -0.2) is 27.7 Å². The predicted molar refractivity (Wildman–Crippen MR) is 63.7 cm³/mol. The highest BCUT2D eigenvalue weighted by molar-refractivity contribution is 5.50. The number of aliphatic hydroxyl groups excluding tert-OH is 1. The number of nitrogens with zero attached hydrogens (tertiary/aromatic N) is 2. The summed E-state index contributed by atoms with van der Waals surface area (Å²) in [6.07, 6.45) is 1.60. The Balaban J connectivity index is 2.61. The molecule has 1 aromatic heterocycles. The molecule has 0 aromatic carbocycles. The largest absolute Gasteiger partial charge is 0.396 e. The number of aliphatic hydroxyl groups is 1. The van der Waals surface area contributed by atoms with Gasteiger partial charge in [0.25, 0.3) is 0 Å². The van der Waals surface area contributed by atoms with Gasteiger partial charge < -0.3 is 21.6 Å². The highest BCUT2D eigenvalue weighted by Crippen LogP contribution is 2.13. The van der Waals surface area contributed by atoms with Crippen LogP contribution in [0, 0.1) is 0 Å². The van der Waals surface area contributed by atoms with Crippen molar-refractivity contribution in [2.45, 2.75) is 25.8 Å². The van der Waals surface area contributed by atoms with Gasteiger partial charge in [0.1, 0.15) is 11.6 Å². The van der Waals surface area contributed by atoms with Crippen LogP contribution < -0.4 is 22.3 Å². The van der Waals surface area contributed by atoms with Gasteiger partial charge in [-0.05, 0) is 19.8 Å². The monoisotopic (exact) mass is 226 g/mol. The second-order valence-electron chi connectivity index (χ2n) is 3.55. The zero-order valence-corrected chi connectivity index (χ0v) is 9.27. The number of hydrogen-bond acceptors (Lipinski definition) is 7. The number of hydrogen-bond donors (Lipinski definition) is 5. The summed E-state index contributed by atoms with van der Waals surface area (Å²) in [6, 6.07) is 1.87. The quantitative estimate of drug-likeness (QED) is 0.339. The van der Waals surface area contributed by atoms with Gasteiger partial charge in [-0.1, -0.05) is 0 Å². The van der Waals surface area contributed by atoms with Crippen molar-refractivity contribution in [1.82, 2.24) is 9.97 Å². The van der Waals surface area contributed by atoms with Crippen LogP contribution in [0.1, 0.15) is 19.8 Å². The summed E-state index contributed by atoms with van der Waals surface area (Å²) in [6.45, 7) is 2.19. The number of rotatable bonds is 6. The molecule has 0 aliphatic rings. The molecule has 16 heavy (non-hydrogen) atoms. The third-order valence-electron chi connectivity index (χ3n) is 2.08. The maximum Gasteiger partial charge on any atom is 0.223 e. The van der Waals surface area contributed by atoms with Gasteiger partial charge in [0.2, 0.25) is 5.95 Å². The van der Waals surface area contributed by atoms with Crippen LogP contribution in [0.5, 0.6) is 0 Å². The molecule has 0 saturated carbocycles. The molecule has 7 N–H and O–H groups in total. The van der Waals surface area contributed by atoms with Crippen LogP contribution in [0.3, 0.4) is 0 Å². The Morgan fingerprint density at radius 2 is 2.12 bits per heavy atom. The fourth-order valence-electron chi connectivity index (χ4n) is 1.34. The Kier molecular flexibility index (Phi) is 4.74. The van der Waals surface area contributed by atoms with Crippen molar-refractivity contribution < 1.29 is 5.11 Å². The lowest BCUT2D eigenvalue weighted by Gasteiger charge is -2.14. The van der Waals surface area contributed by atoms with Gasteiger partial charge in [-0.25, -0.2) is 5.84 Å². The van der Waals surface area contributed by atoms with E-state index in [1.807, 2.05) is 6.92 Å². The Morgan fingerprint density at radius 1 is 1.44 bits per heavy atom. The van der Waals surface area contributed by atoms with E-state index in [9.17, 15) is 0 Å². The van der Waals surface area contributed by atoms with Gasteiger partial charge in [0, 0.05) is 18.7 Å². The molecule has 7 nitrogen and oxygen atoms in total. The highest BCUT2D eigenvalue weighted by atomic mass is 16.2. The number of nitrogens with one attached hydrogen (secondary N) is 2. The molecule has 0 spiro atoms. The molecule has 1 aromatic rings. The van der Waals surface area contributed by atoms with E-state index in [1.165, 1.54) is 0 Å². The Bertz CT molecular complexity index is 332. The third kappa shape index (κ3) is 3.87. The normalized spacial score (nSPS) is 12.2. The lowest BCUT2D eigenvalue weighted by atomic mass is 10.2. The first-order valence-corrected chi connectivity index (χ1v) is 5.14. The SMILES string of the molecule is CC(CCCO)Nc1cc(NN)nc(N)n1. The van der Waals surface area contributed by atoms with Crippen LogP contribution in [0.25, 0.3) is 0 Å². The molecule has 0 aliphatic heterocycles. The molecule has 0 aliphatic carbocycles. The molecule has 90 valence electrons. The summed E-state index contributed by atoms with van der Waals surface area (Å²) in [5.41, 5.74) is 7.93. The van der Waals surface area contributed by atoms with Crippen LogP contribution in [0.2, 0.25) is 0 Å². The Morgan fingerprint density at radius 3 is 2.75 bits per heavy atom. The summed E-state index contributed by atoms with van der Waals surface area (Å²) >= 11 is 0. The number of nitrogens with two attached hydrogens (primary N) is 2. The first-order valence-electron chi connectivity index (χ1n) is 5.14. The smallest absolute Gasteiger partial charge is 0.223 e. The summed E-state index contributed by atoms with van der Waals surface area (Å²) in [5.74, 6) is 6.48. The Labute approximate surface area is 94.2 Å². The minimum atomic E-state index is 0.160. The molecule has 0 amide bonds. The first-order chi connectivity index (χ1) is 7.65. The zero-order valence-electron chi connectivity index (χ0n) is 9.27. The van der Waals surface area contributed by atoms with Crippen LogP contribution >= 0.6 is 0 Å². The van der Waals surface area contributed by atoms with Gasteiger partial charge in [-0.3, -0.25) is 0 Å².